The van der Waals surface area contributed by atoms with E-state index in [1.54, 1.807) is 0 Å². The Morgan fingerprint density at radius 2 is 1.82 bits per heavy atom. The molecule has 1 heterocycles. The second-order valence-corrected chi connectivity index (χ2v) is 3.75. The van der Waals surface area contributed by atoms with Crippen molar-refractivity contribution in [1.29, 1.82) is 0 Å². The van der Waals surface area contributed by atoms with Crippen LogP contribution in [0.15, 0.2) is 0 Å². The number of nitrogens with zero attached hydrogens (tertiary/aromatic N) is 1. The third kappa shape index (κ3) is 5.83. The maximum absolute atomic E-state index is 5.59. The first-order valence-corrected chi connectivity index (χ1v) is 5.98. The second-order valence-electron chi connectivity index (χ2n) is 2.14. The van der Waals surface area contributed by atoms with Crippen LogP contribution in [0.5, 0.6) is 0 Å². The Kier molecular flexibility index (Phi) is 9.17. The summed E-state index contributed by atoms with van der Waals surface area (Å²) in [5.41, 5.74) is 0. The summed E-state index contributed by atoms with van der Waals surface area (Å²) < 4.78 is 0. The topological polar surface area (TPSA) is 3.24 Å². The molecular weight excluding hydrogens is 178 g/mol. The van der Waals surface area contributed by atoms with E-state index in [2.05, 4.69) is 4.90 Å². The monoisotopic (exact) mass is 195 g/mol. The molecule has 1 nitrogen and oxygen atoms in total. The van der Waals surface area contributed by atoms with Crippen molar-refractivity contribution in [2.45, 2.75) is 13.8 Å². The smallest absolute Gasteiger partial charge is 0.0351 e. The lowest BCUT2D eigenvalue weighted by molar-refractivity contribution is 0.321. The highest BCUT2D eigenvalue weighted by atomic mass is 35.5. The molecule has 1 fully saturated rings. The van der Waals surface area contributed by atoms with Crippen LogP contribution in [0.1, 0.15) is 13.8 Å². The molecule has 0 aromatic carbocycles. The fraction of sp³-hybridized carbons (Fsp3) is 1.00. The summed E-state index contributed by atoms with van der Waals surface area (Å²) in [5.74, 6) is 3.36. The van der Waals surface area contributed by atoms with E-state index in [9.17, 15) is 0 Å². The minimum atomic E-state index is 0.782. The lowest BCUT2D eigenvalue weighted by atomic mass is 10.5. The summed E-state index contributed by atoms with van der Waals surface area (Å²) >= 11 is 7.63. The Morgan fingerprint density at radius 1 is 1.27 bits per heavy atom. The van der Waals surface area contributed by atoms with Gasteiger partial charge >= 0.3 is 0 Å². The SMILES string of the molecule is CC.ClCCN1CCSCC1. The molecule has 0 radical (unpaired) electrons. The molecule has 1 saturated heterocycles. The fourth-order valence-electron chi connectivity index (χ4n) is 0.944. The molecule has 1 aliphatic heterocycles. The number of hydrogen-bond donors (Lipinski definition) is 0. The Morgan fingerprint density at radius 3 is 2.27 bits per heavy atom. The van der Waals surface area contributed by atoms with Gasteiger partial charge in [0.15, 0.2) is 0 Å². The molecule has 1 aliphatic rings. The molecule has 3 heteroatoms. The maximum atomic E-state index is 5.59. The van der Waals surface area contributed by atoms with Gasteiger partial charge in [-0.05, 0) is 0 Å². The Balaban J connectivity index is 0.000000461. The largest absolute Gasteiger partial charge is 0.301 e. The van der Waals surface area contributed by atoms with Crippen molar-refractivity contribution >= 4 is 23.4 Å². The molecular formula is C8H18ClNS. The molecule has 0 spiro atoms. The highest BCUT2D eigenvalue weighted by Crippen LogP contribution is 2.08. The van der Waals surface area contributed by atoms with Crippen molar-refractivity contribution in [2.24, 2.45) is 0 Å². The van der Waals surface area contributed by atoms with Gasteiger partial charge in [-0.15, -0.1) is 11.6 Å². The molecule has 0 saturated carbocycles. The molecule has 0 N–H and O–H groups in total. The molecule has 1 rings (SSSR count). The first kappa shape index (κ1) is 11.6. The van der Waals surface area contributed by atoms with E-state index in [-0.39, 0.29) is 0 Å². The standard InChI is InChI=1S/C6H12ClNS.C2H6/c7-1-2-8-3-5-9-6-4-8;1-2/h1-6H2;1-2H3. The minimum Gasteiger partial charge on any atom is -0.301 e. The zero-order valence-electron chi connectivity index (χ0n) is 7.48. The van der Waals surface area contributed by atoms with Gasteiger partial charge in [0.05, 0.1) is 0 Å². The van der Waals surface area contributed by atoms with Gasteiger partial charge in [-0.1, -0.05) is 13.8 Å². The molecule has 68 valence electrons. The van der Waals surface area contributed by atoms with Gasteiger partial charge in [0.2, 0.25) is 0 Å². The lowest BCUT2D eigenvalue weighted by Gasteiger charge is -2.24. The van der Waals surface area contributed by atoms with Gasteiger partial charge in [0.1, 0.15) is 0 Å². The number of rotatable bonds is 2. The van der Waals surface area contributed by atoms with Gasteiger partial charge in [-0.25, -0.2) is 0 Å². The van der Waals surface area contributed by atoms with Crippen molar-refractivity contribution < 1.29 is 0 Å². The van der Waals surface area contributed by atoms with Gasteiger partial charge in [-0.2, -0.15) is 11.8 Å². The number of alkyl halides is 1. The summed E-state index contributed by atoms with van der Waals surface area (Å²) in [5, 5.41) is 0. The molecule has 0 aliphatic carbocycles. The Bertz CT molecular complexity index is 71.7. The van der Waals surface area contributed by atoms with Crippen molar-refractivity contribution in [3.63, 3.8) is 0 Å². The molecule has 0 aromatic heterocycles. The van der Waals surface area contributed by atoms with Crippen LogP contribution >= 0.6 is 23.4 Å². The predicted octanol–water partition coefficient (Wildman–Crippen LogP) is 2.30. The number of thioether (sulfide) groups is 1. The van der Waals surface area contributed by atoms with Crippen molar-refractivity contribution in [3.8, 4) is 0 Å². The Labute approximate surface area is 79.5 Å². The fourth-order valence-corrected chi connectivity index (χ4v) is 2.16. The van der Waals surface area contributed by atoms with E-state index >= 15 is 0 Å². The summed E-state index contributed by atoms with van der Waals surface area (Å²) in [6.45, 7) is 7.54. The first-order chi connectivity index (χ1) is 5.43. The average molecular weight is 196 g/mol. The van der Waals surface area contributed by atoms with Crippen LogP contribution in [-0.2, 0) is 0 Å². The first-order valence-electron chi connectivity index (χ1n) is 4.29. The van der Waals surface area contributed by atoms with Crippen LogP contribution in [0.3, 0.4) is 0 Å². The summed E-state index contributed by atoms with van der Waals surface area (Å²) in [6, 6.07) is 0. The van der Waals surface area contributed by atoms with Crippen molar-refractivity contribution in [1.82, 2.24) is 4.90 Å². The van der Waals surface area contributed by atoms with Crippen LogP contribution in [0.25, 0.3) is 0 Å². The second kappa shape index (κ2) is 8.69. The van der Waals surface area contributed by atoms with Gasteiger partial charge < -0.3 is 4.90 Å². The van der Waals surface area contributed by atoms with Crippen LogP contribution < -0.4 is 0 Å². The number of halogens is 1. The average Bonchev–Trinajstić information content (AvgIpc) is 2.11. The van der Waals surface area contributed by atoms with E-state index in [0.29, 0.717) is 0 Å². The third-order valence-corrected chi connectivity index (χ3v) is 2.62. The lowest BCUT2D eigenvalue weighted by Crippen LogP contribution is -2.33. The molecule has 11 heavy (non-hydrogen) atoms. The van der Waals surface area contributed by atoms with Crippen LogP contribution in [-0.4, -0.2) is 41.9 Å². The summed E-state index contributed by atoms with van der Waals surface area (Å²) in [7, 11) is 0. The van der Waals surface area contributed by atoms with E-state index < -0.39 is 0 Å². The maximum Gasteiger partial charge on any atom is 0.0351 e. The normalized spacial score (nSPS) is 18.8. The molecule has 0 amide bonds. The molecule has 0 aromatic rings. The summed E-state index contributed by atoms with van der Waals surface area (Å²) in [4.78, 5) is 2.42. The highest BCUT2D eigenvalue weighted by molar-refractivity contribution is 7.99. The summed E-state index contributed by atoms with van der Waals surface area (Å²) in [6.07, 6.45) is 0. The van der Waals surface area contributed by atoms with Crippen LogP contribution in [0, 0.1) is 0 Å². The highest BCUT2D eigenvalue weighted by Gasteiger charge is 2.07. The van der Waals surface area contributed by atoms with E-state index in [1.807, 2.05) is 25.6 Å². The molecule has 0 unspecified atom stereocenters. The van der Waals surface area contributed by atoms with Crippen molar-refractivity contribution in [3.05, 3.63) is 0 Å². The minimum absolute atomic E-state index is 0.782. The molecule has 0 atom stereocenters. The molecule has 0 bridgehead atoms. The van der Waals surface area contributed by atoms with E-state index in [1.165, 1.54) is 24.6 Å². The Hall–Kier alpha value is 0.600. The van der Waals surface area contributed by atoms with E-state index in [0.717, 1.165) is 12.4 Å². The quantitative estimate of drug-likeness (QED) is 0.623. The number of hydrogen-bond acceptors (Lipinski definition) is 2. The predicted molar refractivity (Wildman–Crippen MR) is 55.8 cm³/mol. The zero-order valence-corrected chi connectivity index (χ0v) is 9.05. The van der Waals surface area contributed by atoms with E-state index in [4.69, 9.17) is 11.6 Å². The van der Waals surface area contributed by atoms with Gasteiger partial charge in [0, 0.05) is 37.0 Å². The van der Waals surface area contributed by atoms with Gasteiger partial charge in [0.25, 0.3) is 0 Å². The zero-order chi connectivity index (χ0) is 8.53. The van der Waals surface area contributed by atoms with Gasteiger partial charge in [-0.3, -0.25) is 0 Å². The third-order valence-electron chi connectivity index (χ3n) is 1.50. The van der Waals surface area contributed by atoms with Crippen LogP contribution in [0.4, 0.5) is 0 Å². The van der Waals surface area contributed by atoms with Crippen LogP contribution in [0.2, 0.25) is 0 Å². The van der Waals surface area contributed by atoms with Crippen molar-refractivity contribution in [2.75, 3.05) is 37.0 Å².